The minimum absolute atomic E-state index is 0.0732. The minimum atomic E-state index is 0.0732. The Labute approximate surface area is 130 Å². The lowest BCUT2D eigenvalue weighted by molar-refractivity contribution is 0.492. The number of nitrogens with zero attached hydrogens (tertiary/aromatic N) is 3. The normalized spacial score (nSPS) is 12.6. The highest BCUT2D eigenvalue weighted by Gasteiger charge is 2.18. The second kappa shape index (κ2) is 7.54. The summed E-state index contributed by atoms with van der Waals surface area (Å²) in [6.45, 7) is 4.93. The Kier molecular flexibility index (Phi) is 5.73. The largest absolute Gasteiger partial charge is 0.271 e. The second-order valence-electron chi connectivity index (χ2n) is 4.97. The fourth-order valence-corrected chi connectivity index (χ4v) is 2.75. The molecule has 3 N–H and O–H groups in total. The molecule has 0 amide bonds. The molecular weight excluding hydrogens is 286 g/mol. The molecule has 6 heteroatoms. The molecule has 2 rings (SSSR count). The van der Waals surface area contributed by atoms with E-state index in [1.54, 1.807) is 6.20 Å². The molecule has 0 radical (unpaired) electrons. The van der Waals surface area contributed by atoms with Crippen LogP contribution in [0.5, 0.6) is 0 Å². The lowest BCUT2D eigenvalue weighted by Crippen LogP contribution is -2.39. The average Bonchev–Trinajstić information content (AvgIpc) is 2.83. The van der Waals surface area contributed by atoms with Crippen molar-refractivity contribution in [3.05, 3.63) is 46.5 Å². The molecule has 2 heterocycles. The highest BCUT2D eigenvalue weighted by atomic mass is 35.5. The summed E-state index contributed by atoms with van der Waals surface area (Å²) < 4.78 is 1.96. The third kappa shape index (κ3) is 3.81. The van der Waals surface area contributed by atoms with E-state index in [0.29, 0.717) is 0 Å². The molecule has 114 valence electrons. The van der Waals surface area contributed by atoms with Gasteiger partial charge in [0.05, 0.1) is 16.4 Å². The summed E-state index contributed by atoms with van der Waals surface area (Å²) in [6.07, 6.45) is 4.11. The zero-order valence-electron chi connectivity index (χ0n) is 12.5. The minimum Gasteiger partial charge on any atom is -0.271 e. The molecular formula is C15H22ClN5. The number of hydrogen-bond donors (Lipinski definition) is 2. The molecule has 2 aromatic heterocycles. The maximum absolute atomic E-state index is 6.44. The molecule has 2 aromatic rings. The van der Waals surface area contributed by atoms with Crippen LogP contribution < -0.4 is 11.3 Å². The Morgan fingerprint density at radius 3 is 2.71 bits per heavy atom. The van der Waals surface area contributed by atoms with Crippen LogP contribution in [0.2, 0.25) is 5.02 Å². The fourth-order valence-electron chi connectivity index (χ4n) is 2.41. The number of aromatic nitrogens is 3. The van der Waals surface area contributed by atoms with Crippen molar-refractivity contribution in [2.75, 3.05) is 0 Å². The summed E-state index contributed by atoms with van der Waals surface area (Å²) in [5.74, 6) is 5.70. The summed E-state index contributed by atoms with van der Waals surface area (Å²) in [6, 6.07) is 5.96. The van der Waals surface area contributed by atoms with E-state index >= 15 is 0 Å². The molecule has 0 aromatic carbocycles. The number of halogens is 1. The van der Waals surface area contributed by atoms with Crippen LogP contribution in [-0.4, -0.2) is 20.8 Å². The smallest absolute Gasteiger partial charge is 0.0850 e. The van der Waals surface area contributed by atoms with Crippen molar-refractivity contribution < 1.29 is 0 Å². The van der Waals surface area contributed by atoms with Crippen LogP contribution in [0.3, 0.4) is 0 Å². The van der Waals surface area contributed by atoms with Crippen LogP contribution in [0.1, 0.15) is 30.9 Å². The maximum Gasteiger partial charge on any atom is 0.0850 e. The Balaban J connectivity index is 2.16. The maximum atomic E-state index is 6.44. The van der Waals surface area contributed by atoms with E-state index < -0.39 is 0 Å². The molecule has 0 bridgehead atoms. The van der Waals surface area contributed by atoms with Crippen LogP contribution in [-0.2, 0) is 25.8 Å². The second-order valence-corrected chi connectivity index (χ2v) is 5.35. The van der Waals surface area contributed by atoms with E-state index in [4.69, 9.17) is 17.4 Å². The van der Waals surface area contributed by atoms with Gasteiger partial charge in [-0.05, 0) is 25.5 Å². The van der Waals surface area contributed by atoms with Gasteiger partial charge in [0.2, 0.25) is 0 Å². The average molecular weight is 308 g/mol. The summed E-state index contributed by atoms with van der Waals surface area (Å²) in [4.78, 5) is 4.34. The summed E-state index contributed by atoms with van der Waals surface area (Å²) >= 11 is 6.44. The summed E-state index contributed by atoms with van der Waals surface area (Å²) in [5.41, 5.74) is 5.86. The molecule has 0 spiro atoms. The molecule has 0 saturated heterocycles. The molecule has 21 heavy (non-hydrogen) atoms. The van der Waals surface area contributed by atoms with E-state index in [-0.39, 0.29) is 6.04 Å². The van der Waals surface area contributed by atoms with Gasteiger partial charge in [-0.2, -0.15) is 5.10 Å². The van der Waals surface area contributed by atoms with Gasteiger partial charge in [0.1, 0.15) is 0 Å². The highest BCUT2D eigenvalue weighted by Crippen LogP contribution is 2.23. The van der Waals surface area contributed by atoms with E-state index in [0.717, 1.165) is 47.9 Å². The van der Waals surface area contributed by atoms with Gasteiger partial charge >= 0.3 is 0 Å². The first-order valence-electron chi connectivity index (χ1n) is 7.29. The van der Waals surface area contributed by atoms with E-state index in [2.05, 4.69) is 29.4 Å². The molecule has 0 fully saturated rings. The quantitative estimate of drug-likeness (QED) is 0.607. The SMILES string of the molecule is CCc1nn(CC)c(CC(Cc2ccccn2)NN)c1Cl. The van der Waals surface area contributed by atoms with Gasteiger partial charge in [-0.25, -0.2) is 0 Å². The van der Waals surface area contributed by atoms with Crippen molar-refractivity contribution in [2.24, 2.45) is 5.84 Å². The number of nitrogens with two attached hydrogens (primary N) is 1. The number of nitrogens with one attached hydrogen (secondary N) is 1. The zero-order chi connectivity index (χ0) is 15.2. The number of hydrogen-bond acceptors (Lipinski definition) is 4. The summed E-state index contributed by atoms with van der Waals surface area (Å²) in [7, 11) is 0. The van der Waals surface area contributed by atoms with Gasteiger partial charge in [0, 0.05) is 37.3 Å². The number of pyridine rings is 1. The monoisotopic (exact) mass is 307 g/mol. The van der Waals surface area contributed by atoms with E-state index in [9.17, 15) is 0 Å². The molecule has 0 saturated carbocycles. The van der Waals surface area contributed by atoms with Gasteiger partial charge in [-0.3, -0.25) is 20.9 Å². The lowest BCUT2D eigenvalue weighted by Gasteiger charge is -2.16. The van der Waals surface area contributed by atoms with Crippen molar-refractivity contribution in [1.29, 1.82) is 0 Å². The first kappa shape index (κ1) is 15.9. The topological polar surface area (TPSA) is 68.8 Å². The van der Waals surface area contributed by atoms with Gasteiger partial charge in [0.15, 0.2) is 0 Å². The van der Waals surface area contributed by atoms with Crippen molar-refractivity contribution in [1.82, 2.24) is 20.2 Å². The molecule has 1 atom stereocenters. The van der Waals surface area contributed by atoms with Crippen LogP contribution in [0.15, 0.2) is 24.4 Å². The standard InChI is InChI=1S/C15H22ClN5/c1-3-13-15(16)14(21(4-2)20-13)10-12(19-17)9-11-7-5-6-8-18-11/h5-8,12,19H,3-4,9-10,17H2,1-2H3. The third-order valence-corrected chi connectivity index (χ3v) is 3.99. The first-order chi connectivity index (χ1) is 10.2. The van der Waals surface area contributed by atoms with Gasteiger partial charge in [0.25, 0.3) is 0 Å². The van der Waals surface area contributed by atoms with Crippen molar-refractivity contribution in [3.8, 4) is 0 Å². The van der Waals surface area contributed by atoms with Crippen LogP contribution in [0.25, 0.3) is 0 Å². The Hall–Kier alpha value is -1.43. The lowest BCUT2D eigenvalue weighted by atomic mass is 10.1. The van der Waals surface area contributed by atoms with Crippen LogP contribution >= 0.6 is 11.6 Å². The van der Waals surface area contributed by atoms with Gasteiger partial charge in [-0.15, -0.1) is 0 Å². The van der Waals surface area contributed by atoms with E-state index in [1.807, 2.05) is 22.9 Å². The van der Waals surface area contributed by atoms with E-state index in [1.165, 1.54) is 0 Å². The molecule has 0 aliphatic heterocycles. The van der Waals surface area contributed by atoms with Crippen LogP contribution in [0, 0.1) is 0 Å². The Bertz CT molecular complexity index is 567. The van der Waals surface area contributed by atoms with Crippen molar-refractivity contribution in [3.63, 3.8) is 0 Å². The molecule has 5 nitrogen and oxygen atoms in total. The van der Waals surface area contributed by atoms with Gasteiger partial charge < -0.3 is 0 Å². The number of aryl methyl sites for hydroxylation is 2. The molecule has 1 unspecified atom stereocenters. The van der Waals surface area contributed by atoms with Crippen molar-refractivity contribution >= 4 is 11.6 Å². The molecule has 0 aliphatic rings. The molecule has 0 aliphatic carbocycles. The third-order valence-electron chi connectivity index (χ3n) is 3.55. The zero-order valence-corrected chi connectivity index (χ0v) is 13.3. The Morgan fingerprint density at radius 1 is 1.33 bits per heavy atom. The predicted molar refractivity (Wildman–Crippen MR) is 85.0 cm³/mol. The Morgan fingerprint density at radius 2 is 2.14 bits per heavy atom. The van der Waals surface area contributed by atoms with Gasteiger partial charge in [-0.1, -0.05) is 24.6 Å². The fraction of sp³-hybridized carbons (Fsp3) is 0.467. The highest BCUT2D eigenvalue weighted by molar-refractivity contribution is 6.31. The van der Waals surface area contributed by atoms with Crippen molar-refractivity contribution in [2.45, 2.75) is 45.7 Å². The summed E-state index contributed by atoms with van der Waals surface area (Å²) in [5, 5.41) is 5.31. The predicted octanol–water partition coefficient (Wildman–Crippen LogP) is 2.13. The van der Waals surface area contributed by atoms with Crippen LogP contribution in [0.4, 0.5) is 0 Å². The number of rotatable bonds is 7. The first-order valence-corrected chi connectivity index (χ1v) is 7.67. The number of hydrazine groups is 1.